The van der Waals surface area contributed by atoms with Gasteiger partial charge in [-0.25, -0.2) is 0 Å². The molecule has 0 atom stereocenters. The molecule has 1 heteroatoms. The normalized spacial score (nSPS) is 8.64. The van der Waals surface area contributed by atoms with Gasteiger partial charge in [0.1, 0.15) is 0 Å². The summed E-state index contributed by atoms with van der Waals surface area (Å²) in [6.07, 6.45) is 5.24. The number of benzene rings is 1. The van der Waals surface area contributed by atoms with E-state index >= 15 is 0 Å². The number of rotatable bonds is 1. The fourth-order valence-electron chi connectivity index (χ4n) is 0.889. The number of hydrogen-bond donors (Lipinski definition) is 1. The Balaban J connectivity index is 3.26. The molecule has 1 rings (SSSR count). The first-order valence-electron chi connectivity index (χ1n) is 3.26. The van der Waals surface area contributed by atoms with Crippen molar-refractivity contribution in [2.24, 2.45) is 5.73 Å². The third kappa shape index (κ3) is 1.42. The second-order valence-corrected chi connectivity index (χ2v) is 2.22. The fraction of sp³-hybridized carbons (Fsp3) is 0. The summed E-state index contributed by atoms with van der Waals surface area (Å²) in [5.74, 6) is 2.54. The first-order valence-corrected chi connectivity index (χ1v) is 3.26. The lowest BCUT2D eigenvalue weighted by Crippen LogP contribution is -1.96. The first-order chi connectivity index (χ1) is 5.25. The van der Waals surface area contributed by atoms with Gasteiger partial charge in [-0.2, -0.15) is 0 Å². The van der Waals surface area contributed by atoms with Gasteiger partial charge in [-0.05, 0) is 6.07 Å². The lowest BCUT2D eigenvalue weighted by molar-refractivity contribution is 1.50. The highest BCUT2D eigenvalue weighted by Gasteiger charge is 1.97. The van der Waals surface area contributed by atoms with E-state index < -0.39 is 0 Å². The average molecular weight is 143 g/mol. The SMILES string of the molecule is C#Cc1ccccc1C(=C)N. The molecule has 0 aromatic heterocycles. The van der Waals surface area contributed by atoms with Crippen molar-refractivity contribution in [1.29, 1.82) is 0 Å². The van der Waals surface area contributed by atoms with E-state index in [-0.39, 0.29) is 0 Å². The summed E-state index contributed by atoms with van der Waals surface area (Å²) in [4.78, 5) is 0. The van der Waals surface area contributed by atoms with Gasteiger partial charge in [0.05, 0.1) is 0 Å². The van der Waals surface area contributed by atoms with Crippen LogP contribution in [0.4, 0.5) is 0 Å². The molecule has 11 heavy (non-hydrogen) atoms. The van der Waals surface area contributed by atoms with Crippen LogP contribution >= 0.6 is 0 Å². The summed E-state index contributed by atoms with van der Waals surface area (Å²) in [7, 11) is 0. The molecule has 0 saturated heterocycles. The number of hydrogen-bond acceptors (Lipinski definition) is 1. The van der Waals surface area contributed by atoms with Gasteiger partial charge in [0.15, 0.2) is 0 Å². The van der Waals surface area contributed by atoms with Crippen LogP contribution in [0.25, 0.3) is 5.70 Å². The van der Waals surface area contributed by atoms with Crippen LogP contribution in [0.3, 0.4) is 0 Å². The summed E-state index contributed by atoms with van der Waals surface area (Å²) in [6.45, 7) is 3.62. The maximum absolute atomic E-state index is 5.50. The van der Waals surface area contributed by atoms with Crippen molar-refractivity contribution in [2.45, 2.75) is 0 Å². The Labute approximate surface area is 66.5 Å². The van der Waals surface area contributed by atoms with Crippen LogP contribution in [0.2, 0.25) is 0 Å². The van der Waals surface area contributed by atoms with Gasteiger partial charge in [-0.3, -0.25) is 0 Å². The maximum Gasteiger partial charge on any atom is 0.0335 e. The predicted octanol–water partition coefficient (Wildman–Crippen LogP) is 1.60. The molecule has 0 spiro atoms. The van der Waals surface area contributed by atoms with Crippen molar-refractivity contribution >= 4 is 5.70 Å². The molecule has 0 saturated carbocycles. The molecular weight excluding hydrogens is 134 g/mol. The zero-order valence-corrected chi connectivity index (χ0v) is 6.17. The summed E-state index contributed by atoms with van der Waals surface area (Å²) in [6, 6.07) is 7.46. The molecule has 1 aromatic carbocycles. The van der Waals surface area contributed by atoms with Gasteiger partial charge in [0.25, 0.3) is 0 Å². The lowest BCUT2D eigenvalue weighted by atomic mass is 10.1. The smallest absolute Gasteiger partial charge is 0.0335 e. The van der Waals surface area contributed by atoms with Crippen LogP contribution in [-0.2, 0) is 0 Å². The largest absolute Gasteiger partial charge is 0.399 e. The Morgan fingerprint density at radius 2 is 2.09 bits per heavy atom. The van der Waals surface area contributed by atoms with Crippen molar-refractivity contribution in [3.63, 3.8) is 0 Å². The second kappa shape index (κ2) is 2.94. The molecule has 1 aromatic rings. The molecule has 0 aliphatic carbocycles. The van der Waals surface area contributed by atoms with E-state index in [9.17, 15) is 0 Å². The Morgan fingerprint density at radius 1 is 1.45 bits per heavy atom. The highest BCUT2D eigenvalue weighted by Crippen LogP contribution is 2.11. The lowest BCUT2D eigenvalue weighted by Gasteiger charge is -2.01. The summed E-state index contributed by atoms with van der Waals surface area (Å²) < 4.78 is 0. The molecular formula is C10H9N. The monoisotopic (exact) mass is 143 g/mol. The molecule has 0 fully saturated rings. The topological polar surface area (TPSA) is 26.0 Å². The fourth-order valence-corrected chi connectivity index (χ4v) is 0.889. The predicted molar refractivity (Wildman–Crippen MR) is 47.6 cm³/mol. The number of nitrogens with two attached hydrogens (primary N) is 1. The molecule has 0 amide bonds. The minimum atomic E-state index is 0.513. The van der Waals surface area contributed by atoms with E-state index in [1.807, 2.05) is 24.3 Å². The van der Waals surface area contributed by atoms with E-state index in [2.05, 4.69) is 12.5 Å². The van der Waals surface area contributed by atoms with E-state index in [1.165, 1.54) is 0 Å². The van der Waals surface area contributed by atoms with Gasteiger partial charge in [0.2, 0.25) is 0 Å². The Morgan fingerprint density at radius 3 is 2.55 bits per heavy atom. The Bertz CT molecular complexity index is 318. The van der Waals surface area contributed by atoms with Crippen LogP contribution in [-0.4, -0.2) is 0 Å². The summed E-state index contributed by atoms with van der Waals surface area (Å²) >= 11 is 0. The van der Waals surface area contributed by atoms with Crippen LogP contribution < -0.4 is 5.73 Å². The van der Waals surface area contributed by atoms with Crippen LogP contribution in [0.5, 0.6) is 0 Å². The quantitative estimate of drug-likeness (QED) is 0.594. The van der Waals surface area contributed by atoms with Gasteiger partial charge in [-0.1, -0.05) is 30.7 Å². The van der Waals surface area contributed by atoms with Crippen molar-refractivity contribution in [1.82, 2.24) is 0 Å². The summed E-state index contributed by atoms with van der Waals surface area (Å²) in [5.41, 5.74) is 7.65. The molecule has 0 aliphatic heterocycles. The molecule has 0 heterocycles. The van der Waals surface area contributed by atoms with Crippen LogP contribution in [0.15, 0.2) is 30.8 Å². The molecule has 54 valence electrons. The molecule has 0 aliphatic rings. The van der Waals surface area contributed by atoms with Crippen LogP contribution in [0, 0.1) is 12.3 Å². The van der Waals surface area contributed by atoms with Gasteiger partial charge in [0, 0.05) is 16.8 Å². The van der Waals surface area contributed by atoms with E-state index in [0.717, 1.165) is 11.1 Å². The standard InChI is InChI=1S/C10H9N/c1-3-9-6-4-5-7-10(9)8(2)11/h1,4-7H,2,11H2. The van der Waals surface area contributed by atoms with E-state index in [4.69, 9.17) is 12.2 Å². The molecule has 0 bridgehead atoms. The summed E-state index contributed by atoms with van der Waals surface area (Å²) in [5, 5.41) is 0. The molecule has 2 N–H and O–H groups in total. The average Bonchev–Trinajstić information content (AvgIpc) is 2.04. The number of terminal acetylenes is 1. The second-order valence-electron chi connectivity index (χ2n) is 2.22. The van der Waals surface area contributed by atoms with Gasteiger partial charge < -0.3 is 5.73 Å². The van der Waals surface area contributed by atoms with E-state index in [1.54, 1.807) is 0 Å². The first kappa shape index (κ1) is 7.43. The van der Waals surface area contributed by atoms with Crippen molar-refractivity contribution < 1.29 is 0 Å². The van der Waals surface area contributed by atoms with Crippen LogP contribution in [0.1, 0.15) is 11.1 Å². The highest BCUT2D eigenvalue weighted by atomic mass is 14.6. The van der Waals surface area contributed by atoms with Crippen molar-refractivity contribution in [2.75, 3.05) is 0 Å². The van der Waals surface area contributed by atoms with Crippen molar-refractivity contribution in [3.8, 4) is 12.3 Å². The molecule has 0 radical (unpaired) electrons. The minimum absolute atomic E-state index is 0.513. The maximum atomic E-state index is 5.50. The Hall–Kier alpha value is -1.68. The molecule has 1 nitrogen and oxygen atoms in total. The van der Waals surface area contributed by atoms with Gasteiger partial charge in [-0.15, -0.1) is 6.42 Å². The third-order valence-corrected chi connectivity index (χ3v) is 1.43. The van der Waals surface area contributed by atoms with E-state index in [0.29, 0.717) is 5.70 Å². The Kier molecular flexibility index (Phi) is 1.98. The zero-order chi connectivity index (χ0) is 8.27. The minimum Gasteiger partial charge on any atom is -0.399 e. The third-order valence-electron chi connectivity index (χ3n) is 1.43. The zero-order valence-electron chi connectivity index (χ0n) is 6.17. The van der Waals surface area contributed by atoms with Gasteiger partial charge >= 0.3 is 0 Å². The highest BCUT2D eigenvalue weighted by molar-refractivity contribution is 5.66. The molecule has 0 unspecified atom stereocenters. The van der Waals surface area contributed by atoms with Crippen molar-refractivity contribution in [3.05, 3.63) is 42.0 Å².